The zero-order valence-electron chi connectivity index (χ0n) is 19.1. The third-order valence-electron chi connectivity index (χ3n) is 5.07. The molecular weight excluding hydrogens is 441 g/mol. The van der Waals surface area contributed by atoms with Crippen LogP contribution in [0, 0.1) is 18.7 Å². The van der Waals surface area contributed by atoms with Crippen molar-refractivity contribution in [2.24, 2.45) is 5.92 Å². The van der Waals surface area contributed by atoms with Gasteiger partial charge in [0.05, 0.1) is 11.8 Å². The number of hydrogen-bond acceptors (Lipinski definition) is 5. The number of halogens is 1. The topological polar surface area (TPSA) is 88.9 Å². The summed E-state index contributed by atoms with van der Waals surface area (Å²) in [5.41, 5.74) is 2.20. The first-order valence-corrected chi connectivity index (χ1v) is 11.8. The van der Waals surface area contributed by atoms with Gasteiger partial charge in [0.15, 0.2) is 11.0 Å². The molecule has 0 aliphatic heterocycles. The number of thioether (sulfide) groups is 1. The molecule has 9 heteroatoms. The Kier molecular flexibility index (Phi) is 8.21. The van der Waals surface area contributed by atoms with E-state index in [-0.39, 0.29) is 35.3 Å². The Labute approximate surface area is 197 Å². The molecule has 0 saturated heterocycles. The summed E-state index contributed by atoms with van der Waals surface area (Å²) in [5.74, 6) is 0.0830. The van der Waals surface area contributed by atoms with Gasteiger partial charge in [-0.3, -0.25) is 9.59 Å². The van der Waals surface area contributed by atoms with Crippen LogP contribution in [0.2, 0.25) is 0 Å². The molecule has 0 bridgehead atoms. The first-order valence-electron chi connectivity index (χ1n) is 10.8. The van der Waals surface area contributed by atoms with Crippen molar-refractivity contribution < 1.29 is 14.0 Å². The van der Waals surface area contributed by atoms with Crippen molar-refractivity contribution in [2.75, 3.05) is 11.1 Å². The third kappa shape index (κ3) is 6.41. The Hall–Kier alpha value is -3.20. The van der Waals surface area contributed by atoms with Crippen molar-refractivity contribution in [1.29, 1.82) is 0 Å². The maximum Gasteiger partial charge on any atom is 0.251 e. The highest BCUT2D eigenvalue weighted by Crippen LogP contribution is 2.25. The number of hydrogen-bond donors (Lipinski definition) is 2. The predicted octanol–water partition coefficient (Wildman–Crippen LogP) is 4.60. The zero-order valence-corrected chi connectivity index (χ0v) is 19.9. The second kappa shape index (κ2) is 11.1. The minimum atomic E-state index is -0.361. The van der Waals surface area contributed by atoms with E-state index >= 15 is 0 Å². The molecule has 3 aromatic rings. The Morgan fingerprint density at radius 3 is 2.33 bits per heavy atom. The van der Waals surface area contributed by atoms with Crippen LogP contribution < -0.4 is 10.6 Å². The maximum absolute atomic E-state index is 13.0. The molecule has 1 aromatic heterocycles. The first kappa shape index (κ1) is 24.4. The van der Waals surface area contributed by atoms with E-state index in [0.717, 1.165) is 5.56 Å². The molecule has 0 unspecified atom stereocenters. The van der Waals surface area contributed by atoms with Crippen LogP contribution in [0.15, 0.2) is 53.7 Å². The Morgan fingerprint density at radius 2 is 1.73 bits per heavy atom. The van der Waals surface area contributed by atoms with Crippen LogP contribution in [-0.2, 0) is 11.3 Å². The molecule has 0 saturated carbocycles. The van der Waals surface area contributed by atoms with E-state index in [9.17, 15) is 14.0 Å². The van der Waals surface area contributed by atoms with Crippen LogP contribution in [-0.4, -0.2) is 32.3 Å². The molecule has 0 aliphatic carbocycles. The number of aromatic nitrogens is 3. The molecular formula is C24H28FN5O2S. The molecule has 33 heavy (non-hydrogen) atoms. The Morgan fingerprint density at radius 1 is 1.06 bits per heavy atom. The molecule has 3 rings (SSSR count). The first-order chi connectivity index (χ1) is 15.8. The summed E-state index contributed by atoms with van der Waals surface area (Å²) in [6, 6.07) is 12.7. The van der Waals surface area contributed by atoms with Crippen molar-refractivity contribution in [1.82, 2.24) is 20.1 Å². The van der Waals surface area contributed by atoms with Crippen molar-refractivity contribution in [2.45, 2.75) is 45.4 Å². The molecule has 2 aromatic carbocycles. The summed E-state index contributed by atoms with van der Waals surface area (Å²) in [5, 5.41) is 15.0. The van der Waals surface area contributed by atoms with Gasteiger partial charge in [-0.2, -0.15) is 0 Å². The van der Waals surface area contributed by atoms with Crippen molar-refractivity contribution >= 4 is 29.3 Å². The molecule has 2 N–H and O–H groups in total. The number of aryl methyl sites for hydroxylation is 1. The van der Waals surface area contributed by atoms with E-state index in [2.05, 4.69) is 20.8 Å². The summed E-state index contributed by atoms with van der Waals surface area (Å²) < 4.78 is 14.9. The number of nitrogens with one attached hydrogen (secondary N) is 2. The molecule has 174 valence electrons. The molecule has 0 aliphatic rings. The normalized spacial score (nSPS) is 11.9. The van der Waals surface area contributed by atoms with Gasteiger partial charge in [0.25, 0.3) is 5.91 Å². The molecule has 0 fully saturated rings. The van der Waals surface area contributed by atoms with E-state index < -0.39 is 0 Å². The van der Waals surface area contributed by atoms with E-state index in [1.54, 1.807) is 12.1 Å². The lowest BCUT2D eigenvalue weighted by atomic mass is 10.0. The van der Waals surface area contributed by atoms with Crippen molar-refractivity contribution in [3.05, 3.63) is 71.3 Å². The van der Waals surface area contributed by atoms with Gasteiger partial charge in [-0.1, -0.05) is 43.3 Å². The van der Waals surface area contributed by atoms with Crippen molar-refractivity contribution in [3.8, 4) is 0 Å². The molecule has 0 spiro atoms. The van der Waals surface area contributed by atoms with Crippen LogP contribution in [0.25, 0.3) is 0 Å². The number of carbonyl (C=O) groups is 2. The SMILES string of the molecule is CCn1c(SCC(=O)Nc2ccc(F)cc2)nnc1[C@H](NC(=O)c1ccc(C)cc1)C(C)C. The number of nitrogens with zero attached hydrogens (tertiary/aromatic N) is 3. The fourth-order valence-electron chi connectivity index (χ4n) is 3.25. The Balaban J connectivity index is 1.70. The number of anilines is 1. The average Bonchev–Trinajstić information content (AvgIpc) is 3.20. The maximum atomic E-state index is 13.0. The monoisotopic (exact) mass is 469 g/mol. The van der Waals surface area contributed by atoms with Gasteiger partial charge < -0.3 is 15.2 Å². The van der Waals surface area contributed by atoms with Gasteiger partial charge in [-0.05, 0) is 56.2 Å². The second-order valence-corrected chi connectivity index (χ2v) is 8.93. The Bertz CT molecular complexity index is 1100. The van der Waals surface area contributed by atoms with Crippen molar-refractivity contribution in [3.63, 3.8) is 0 Å². The standard InChI is InChI=1S/C24H28FN5O2S/c1-5-30-22(21(15(2)3)27-23(32)17-8-6-16(4)7-9-17)28-29-24(30)33-14-20(31)26-19-12-10-18(25)11-13-19/h6-13,15,21H,5,14H2,1-4H3,(H,26,31)(H,27,32)/t21-/m1/s1. The summed E-state index contributed by atoms with van der Waals surface area (Å²) in [6.45, 7) is 8.56. The average molecular weight is 470 g/mol. The van der Waals surface area contributed by atoms with E-state index in [1.807, 2.05) is 44.4 Å². The lowest BCUT2D eigenvalue weighted by molar-refractivity contribution is -0.113. The molecule has 1 heterocycles. The van der Waals surface area contributed by atoms with Crippen LogP contribution in [0.1, 0.15) is 48.6 Å². The number of benzene rings is 2. The minimum absolute atomic E-state index is 0.0773. The molecule has 0 radical (unpaired) electrons. The quantitative estimate of drug-likeness (QED) is 0.447. The highest BCUT2D eigenvalue weighted by molar-refractivity contribution is 7.99. The summed E-state index contributed by atoms with van der Waals surface area (Å²) in [7, 11) is 0. The van der Waals surface area contributed by atoms with Gasteiger partial charge >= 0.3 is 0 Å². The lowest BCUT2D eigenvalue weighted by Crippen LogP contribution is -2.33. The number of carbonyl (C=O) groups excluding carboxylic acids is 2. The minimum Gasteiger partial charge on any atom is -0.342 e. The van der Waals surface area contributed by atoms with Crippen LogP contribution in [0.4, 0.5) is 10.1 Å². The van der Waals surface area contributed by atoms with E-state index in [1.165, 1.54) is 36.0 Å². The largest absolute Gasteiger partial charge is 0.342 e. The van der Waals surface area contributed by atoms with Gasteiger partial charge in [0, 0.05) is 17.8 Å². The molecule has 2 amide bonds. The molecule has 1 atom stereocenters. The predicted molar refractivity (Wildman–Crippen MR) is 128 cm³/mol. The van der Waals surface area contributed by atoms with Gasteiger partial charge in [0.1, 0.15) is 5.82 Å². The summed E-state index contributed by atoms with van der Waals surface area (Å²) in [6.07, 6.45) is 0. The third-order valence-corrected chi connectivity index (χ3v) is 6.03. The van der Waals surface area contributed by atoms with Gasteiger partial charge in [-0.25, -0.2) is 4.39 Å². The van der Waals surface area contributed by atoms with Crippen LogP contribution in [0.3, 0.4) is 0 Å². The van der Waals surface area contributed by atoms with E-state index in [0.29, 0.717) is 28.8 Å². The summed E-state index contributed by atoms with van der Waals surface area (Å²) in [4.78, 5) is 25.1. The fourth-order valence-corrected chi connectivity index (χ4v) is 4.06. The summed E-state index contributed by atoms with van der Waals surface area (Å²) >= 11 is 1.26. The second-order valence-electron chi connectivity index (χ2n) is 7.99. The van der Waals surface area contributed by atoms with Gasteiger partial charge in [-0.15, -0.1) is 10.2 Å². The van der Waals surface area contributed by atoms with Crippen LogP contribution in [0.5, 0.6) is 0 Å². The highest BCUT2D eigenvalue weighted by Gasteiger charge is 2.26. The van der Waals surface area contributed by atoms with Crippen LogP contribution >= 0.6 is 11.8 Å². The molecule has 7 nitrogen and oxygen atoms in total. The van der Waals surface area contributed by atoms with E-state index in [4.69, 9.17) is 0 Å². The number of rotatable bonds is 9. The smallest absolute Gasteiger partial charge is 0.251 e. The fraction of sp³-hybridized carbons (Fsp3) is 0.333. The lowest BCUT2D eigenvalue weighted by Gasteiger charge is -2.22. The zero-order chi connectivity index (χ0) is 24.0. The van der Waals surface area contributed by atoms with Gasteiger partial charge in [0.2, 0.25) is 5.91 Å². The highest BCUT2D eigenvalue weighted by atomic mass is 32.2. The number of amides is 2.